The number of aryl methyl sites for hydroxylation is 2. The van der Waals surface area contributed by atoms with Crippen LogP contribution in [-0.4, -0.2) is 6.88 Å². The number of hydrogen-bond donors (Lipinski definition) is 0. The predicted octanol–water partition coefficient (Wildman–Crippen LogP) is 8.93. The molecule has 0 spiro atoms. The Morgan fingerprint density at radius 1 is 0.875 bits per heavy atom. The number of fused-ring (bicyclic) bond motifs is 1. The summed E-state index contributed by atoms with van der Waals surface area (Å²) in [5, 5.41) is 2.67. The molecule has 1 atom stereocenters. The van der Waals surface area contributed by atoms with Crippen molar-refractivity contribution in [2.75, 3.05) is 0 Å². The molecule has 32 heavy (non-hydrogen) atoms. The Balaban J connectivity index is -0.000000490. The molecule has 1 unspecified atom stereocenters. The fourth-order valence-corrected chi connectivity index (χ4v) is 3.57. The van der Waals surface area contributed by atoms with Crippen LogP contribution in [0.5, 0.6) is 0 Å². The second-order valence-electron chi connectivity index (χ2n) is 7.45. The molecule has 174 valence electrons. The third kappa shape index (κ3) is 8.53. The van der Waals surface area contributed by atoms with Crippen molar-refractivity contribution in [3.8, 4) is 11.1 Å². The molecule has 0 saturated carbocycles. The number of allylic oxidation sites excluding steroid dienone is 4. The molecule has 0 aliphatic heterocycles. The molecule has 0 N–H and O–H groups in total. The van der Waals surface area contributed by atoms with Gasteiger partial charge in [-0.1, -0.05) is 67.6 Å². The van der Waals surface area contributed by atoms with E-state index in [1.165, 1.54) is 73.1 Å². The van der Waals surface area contributed by atoms with E-state index in [0.717, 1.165) is 0 Å². The van der Waals surface area contributed by atoms with Crippen molar-refractivity contribution in [2.24, 2.45) is 5.92 Å². The summed E-state index contributed by atoms with van der Waals surface area (Å²) in [6.45, 7) is 16.1. The van der Waals surface area contributed by atoms with Crippen LogP contribution in [0.4, 0.5) is 0 Å². The van der Waals surface area contributed by atoms with E-state index in [-0.39, 0.29) is 39.7 Å². The first-order valence-electron chi connectivity index (χ1n) is 9.63. The number of halogens is 2. The van der Waals surface area contributed by atoms with Crippen molar-refractivity contribution >= 4 is 42.5 Å². The first-order chi connectivity index (χ1) is 13.4. The summed E-state index contributed by atoms with van der Waals surface area (Å²) in [6, 6.07) is 19.6. The molecule has 3 aromatic rings. The van der Waals surface area contributed by atoms with Gasteiger partial charge < -0.3 is 14.9 Å². The zero-order valence-electron chi connectivity index (χ0n) is 20.6. The van der Waals surface area contributed by atoms with Gasteiger partial charge in [-0.05, 0) is 13.8 Å². The molecule has 0 nitrogen and oxygen atoms in total. The van der Waals surface area contributed by atoms with E-state index in [0.29, 0.717) is 5.92 Å². The Morgan fingerprint density at radius 2 is 1.47 bits per heavy atom. The zero-order chi connectivity index (χ0) is 20.8. The van der Waals surface area contributed by atoms with Crippen molar-refractivity contribution < 1.29 is 23.3 Å². The van der Waals surface area contributed by atoms with Crippen LogP contribution in [0.3, 0.4) is 0 Å². The van der Waals surface area contributed by atoms with Gasteiger partial charge in [-0.25, -0.2) is 5.57 Å². The molecule has 0 fully saturated rings. The molecular weight excluding hydrogens is 527 g/mol. The van der Waals surface area contributed by atoms with E-state index in [2.05, 4.69) is 109 Å². The van der Waals surface area contributed by atoms with Gasteiger partial charge in [-0.15, -0.1) is 78.4 Å². The first kappa shape index (κ1) is 35.8. The van der Waals surface area contributed by atoms with Gasteiger partial charge in [0.2, 0.25) is 0 Å². The summed E-state index contributed by atoms with van der Waals surface area (Å²) in [5.74, 6) is 0.560. The molecule has 3 aromatic carbocycles. The van der Waals surface area contributed by atoms with Crippen molar-refractivity contribution in [1.29, 1.82) is 0 Å². The standard InChI is InChI=1S/C17H15.C9H13.2CH3.2ClH.Si.Zr/c1-12-7-8-13(2)17(11-12)16-10-9-14-5-3-4-6-15(14)16;1-6-5-7(2)9(4)8(6)3;;;;;;/h3-11H,1-2H3;6H,1-4H3;2*1H3;2*1H;;/q4*-1;;;;. The normalized spacial score (nSPS) is 13.5. The molecule has 0 aromatic heterocycles. The van der Waals surface area contributed by atoms with E-state index in [1.54, 1.807) is 0 Å². The van der Waals surface area contributed by atoms with Crippen LogP contribution in [0.25, 0.3) is 21.9 Å². The summed E-state index contributed by atoms with van der Waals surface area (Å²) in [4.78, 5) is 0. The minimum absolute atomic E-state index is 0. The summed E-state index contributed by atoms with van der Waals surface area (Å²) in [7, 11) is 0. The van der Waals surface area contributed by atoms with Gasteiger partial charge in [0.1, 0.15) is 0 Å². The van der Waals surface area contributed by atoms with Crippen molar-refractivity contribution in [3.63, 3.8) is 0 Å². The predicted molar refractivity (Wildman–Crippen MR) is 147 cm³/mol. The fraction of sp³-hybridized carbons (Fsp3) is 0.250. The Bertz CT molecular complexity index is 1030. The summed E-state index contributed by atoms with van der Waals surface area (Å²) < 4.78 is 0. The molecule has 1 aliphatic carbocycles. The van der Waals surface area contributed by atoms with Crippen LogP contribution < -0.4 is 0 Å². The van der Waals surface area contributed by atoms with Gasteiger partial charge in [0.15, 0.2) is 0 Å². The molecule has 0 bridgehead atoms. The maximum absolute atomic E-state index is 3.36. The Hall–Kier alpha value is -0.790. The second kappa shape index (κ2) is 16.8. The quantitative estimate of drug-likeness (QED) is 0.205. The average Bonchev–Trinajstić information content (AvgIpc) is 3.23. The Labute approximate surface area is 226 Å². The van der Waals surface area contributed by atoms with Gasteiger partial charge in [0.25, 0.3) is 0 Å². The van der Waals surface area contributed by atoms with Crippen LogP contribution in [0.1, 0.15) is 38.8 Å². The molecule has 2 radical (unpaired) electrons. The van der Waals surface area contributed by atoms with Gasteiger partial charge in [0.05, 0.1) is 0 Å². The van der Waals surface area contributed by atoms with Crippen LogP contribution in [-0.2, 0) is 23.3 Å². The van der Waals surface area contributed by atoms with E-state index in [4.69, 9.17) is 0 Å². The van der Waals surface area contributed by atoms with E-state index >= 15 is 0 Å². The zero-order valence-corrected chi connectivity index (χ0v) is 25.7. The maximum atomic E-state index is 3.36. The van der Waals surface area contributed by atoms with Crippen molar-refractivity contribution in [2.45, 2.75) is 41.5 Å². The molecule has 0 heterocycles. The monoisotopic (exact) mass is 560 g/mol. The van der Waals surface area contributed by atoms with E-state index < -0.39 is 0 Å². The van der Waals surface area contributed by atoms with E-state index in [9.17, 15) is 0 Å². The average molecular weight is 563 g/mol. The minimum atomic E-state index is 0. The van der Waals surface area contributed by atoms with Crippen LogP contribution in [0.2, 0.25) is 0 Å². The van der Waals surface area contributed by atoms with Gasteiger partial charge >= 0.3 is 30.2 Å². The Morgan fingerprint density at radius 3 is 1.97 bits per heavy atom. The topological polar surface area (TPSA) is 0 Å². The SMILES string of the molecule is CC1=[C-]C(C)C(C)=C1C.Cc1ccc(C)c(-c2c[cH-]c3ccccc23)c1.Cl.Cl.[CH3-].[CH3-].[Si]=[Zr]. The third-order valence-electron chi connectivity index (χ3n) is 5.60. The van der Waals surface area contributed by atoms with Gasteiger partial charge in [0, 0.05) is 0 Å². The van der Waals surface area contributed by atoms with Crippen LogP contribution in [0.15, 0.2) is 71.3 Å². The molecule has 0 saturated heterocycles. The number of hydrogen-bond acceptors (Lipinski definition) is 0. The summed E-state index contributed by atoms with van der Waals surface area (Å²) in [6.07, 6.45) is 3.36. The molecule has 4 rings (SSSR count). The fourth-order valence-electron chi connectivity index (χ4n) is 3.57. The van der Waals surface area contributed by atoms with Crippen LogP contribution in [0, 0.1) is 40.7 Å². The molecular formula is C28H36Cl2SiZr-4. The second-order valence-corrected chi connectivity index (χ2v) is 7.45. The molecule has 0 amide bonds. The van der Waals surface area contributed by atoms with E-state index in [1.807, 2.05) is 0 Å². The van der Waals surface area contributed by atoms with Crippen molar-refractivity contribution in [1.82, 2.24) is 0 Å². The molecule has 4 heteroatoms. The molecule has 1 aliphatic rings. The number of rotatable bonds is 1. The summed E-state index contributed by atoms with van der Waals surface area (Å²) in [5.41, 5.74) is 9.60. The first-order valence-corrected chi connectivity index (χ1v) is 13.8. The van der Waals surface area contributed by atoms with Crippen molar-refractivity contribution in [3.05, 3.63) is 103 Å². The van der Waals surface area contributed by atoms with Crippen LogP contribution >= 0.6 is 24.8 Å². The van der Waals surface area contributed by atoms with Gasteiger partial charge in [-0.2, -0.15) is 11.1 Å². The summed E-state index contributed by atoms with van der Waals surface area (Å²) >= 11 is 1.36. The van der Waals surface area contributed by atoms with Gasteiger partial charge in [-0.3, -0.25) is 6.08 Å². The number of benzene rings is 2. The third-order valence-corrected chi connectivity index (χ3v) is 5.60. The Kier molecular flexibility index (Phi) is 18.8.